The molecule has 0 radical (unpaired) electrons. The van der Waals surface area contributed by atoms with Crippen LogP contribution >= 0.6 is 23.3 Å². The van der Waals surface area contributed by atoms with Crippen molar-refractivity contribution in [1.29, 1.82) is 0 Å². The van der Waals surface area contributed by atoms with Crippen molar-refractivity contribution in [2.45, 2.75) is 184 Å². The highest BCUT2D eigenvalue weighted by molar-refractivity contribution is 7.05. The first-order valence-electron chi connectivity index (χ1n) is 26.2. The molecule has 0 fully saturated rings. The van der Waals surface area contributed by atoms with Crippen LogP contribution in [0.15, 0.2) is 107 Å². The predicted octanol–water partition coefficient (Wildman–Crippen LogP) is 12.2. The molecule has 0 saturated heterocycles. The zero-order valence-corrected chi connectivity index (χ0v) is 54.3. The molecule has 0 aliphatic rings. The molecule has 0 atom stereocenters. The van der Waals surface area contributed by atoms with Gasteiger partial charge >= 0.3 is 0 Å². The van der Waals surface area contributed by atoms with E-state index in [9.17, 15) is 0 Å². The fourth-order valence-electron chi connectivity index (χ4n) is 2.19. The van der Waals surface area contributed by atoms with Crippen LogP contribution in [0.3, 0.4) is 0 Å². The lowest BCUT2D eigenvalue weighted by Crippen LogP contribution is -1.85. The van der Waals surface area contributed by atoms with E-state index in [4.69, 9.17) is 0 Å². The van der Waals surface area contributed by atoms with Crippen molar-refractivity contribution >= 4 is 23.3 Å². The zero-order chi connectivity index (χ0) is 62.7. The SMILES string of the molecule is CC(C)C.CC(C)C.CC(C)C.CC(C)C.CC(C)C.CC(C)C.CC(C)c1cnon1.CC(C)c1nnno1.CC(C)c1nnns1.c1ccnnc1.c1cnncn1.c1cnnnc1.c1nc[nH]n1.c1nnon1.c1nnsn1. The second-order valence-corrected chi connectivity index (χ2v) is 21.6. The molecular formula is C51H97N25O3S2. The van der Waals surface area contributed by atoms with Gasteiger partial charge in [0.15, 0.2) is 12.7 Å². The Morgan fingerprint density at radius 2 is 0.963 bits per heavy atom. The molecule has 9 rings (SSSR count). The van der Waals surface area contributed by atoms with Crippen LogP contribution in [0.5, 0.6) is 0 Å². The van der Waals surface area contributed by atoms with E-state index in [1.165, 1.54) is 49.4 Å². The number of nitrogens with zero attached hydrogens (tertiary/aromatic N) is 24. The average molecular weight is 1170 g/mol. The Labute approximate surface area is 490 Å². The summed E-state index contributed by atoms with van der Waals surface area (Å²) >= 11 is 2.46. The molecule has 456 valence electrons. The second kappa shape index (κ2) is 68.6. The Morgan fingerprint density at radius 3 is 1.11 bits per heavy atom. The van der Waals surface area contributed by atoms with Crippen molar-refractivity contribution < 1.29 is 13.8 Å². The Balaban J connectivity index is -0.000000187. The number of rotatable bonds is 3. The summed E-state index contributed by atoms with van der Waals surface area (Å²) in [4.78, 5) is 7.17. The molecule has 81 heavy (non-hydrogen) atoms. The highest BCUT2D eigenvalue weighted by atomic mass is 32.1. The van der Waals surface area contributed by atoms with Crippen molar-refractivity contribution in [2.75, 3.05) is 0 Å². The van der Waals surface area contributed by atoms with Gasteiger partial charge in [0.2, 0.25) is 0 Å². The number of aromatic nitrogens is 25. The summed E-state index contributed by atoms with van der Waals surface area (Å²) in [6, 6.07) is 5.37. The van der Waals surface area contributed by atoms with Gasteiger partial charge in [-0.15, -0.1) is 25.5 Å². The van der Waals surface area contributed by atoms with Crippen molar-refractivity contribution in [3.05, 3.63) is 110 Å². The van der Waals surface area contributed by atoms with E-state index >= 15 is 0 Å². The monoisotopic (exact) mass is 1170 g/mol. The lowest BCUT2D eigenvalue weighted by Gasteiger charge is -1.91. The summed E-state index contributed by atoms with van der Waals surface area (Å²) in [6.45, 7) is 51.2. The minimum atomic E-state index is 0.282. The summed E-state index contributed by atoms with van der Waals surface area (Å²) in [5.74, 6) is 6.76. The van der Waals surface area contributed by atoms with Gasteiger partial charge in [0.25, 0.3) is 5.89 Å². The molecule has 0 aromatic carbocycles. The molecule has 28 nitrogen and oxygen atoms in total. The van der Waals surface area contributed by atoms with Crippen LogP contribution < -0.4 is 0 Å². The third kappa shape index (κ3) is 105. The van der Waals surface area contributed by atoms with Crippen molar-refractivity contribution in [3.8, 4) is 0 Å². The molecule has 9 aromatic heterocycles. The van der Waals surface area contributed by atoms with Crippen LogP contribution in [0.1, 0.15) is 201 Å². The topological polar surface area (TPSA) is 365 Å². The van der Waals surface area contributed by atoms with Crippen LogP contribution in [0.25, 0.3) is 0 Å². The van der Waals surface area contributed by atoms with E-state index in [0.29, 0.717) is 17.7 Å². The molecule has 0 bridgehead atoms. The minimum absolute atomic E-state index is 0.282. The Kier molecular flexibility index (Phi) is 71.8. The fraction of sp³-hybridized carbons (Fsp3) is 0.647. The average Bonchev–Trinajstić information content (AvgIpc) is 4.27. The molecule has 0 aliphatic heterocycles. The summed E-state index contributed by atoms with van der Waals surface area (Å²) in [6.07, 6.45) is 18.1. The first-order valence-corrected chi connectivity index (χ1v) is 27.7. The van der Waals surface area contributed by atoms with Gasteiger partial charge in [-0.3, -0.25) is 5.10 Å². The van der Waals surface area contributed by atoms with Gasteiger partial charge in [-0.2, -0.15) is 24.8 Å². The molecule has 0 saturated carbocycles. The quantitative estimate of drug-likeness (QED) is 0.172. The molecular weight excluding hydrogens is 1070 g/mol. The minimum Gasteiger partial charge on any atom is -0.320 e. The number of hydrogen-bond donors (Lipinski definition) is 1. The Bertz CT molecular complexity index is 1810. The van der Waals surface area contributed by atoms with Crippen LogP contribution in [0, 0.1) is 35.5 Å². The van der Waals surface area contributed by atoms with Crippen LogP contribution in [-0.4, -0.2) is 126 Å². The highest BCUT2D eigenvalue weighted by Gasteiger charge is 2.03. The summed E-state index contributed by atoms with van der Waals surface area (Å²) in [5.41, 5.74) is 0.907. The van der Waals surface area contributed by atoms with Gasteiger partial charge in [0.1, 0.15) is 29.7 Å². The standard InChI is InChI=1S/C5H8N2O.C4H7N3O.C4H7N3S.C4H4N2.6C4H10.2C3H3N3.C2H3N3.CHN3O.CHN3S/c1-4(2)5-3-6-8-7-5;2*1-3(2)4-5-6-7-8-4;1-2-4-6-5-3-1;6*1-4(2)3;1-2-5-6-3-4-1;1-2-4-6-5-3-1;1-3-2-5-4-1;2*1-2-4-5-3-1/h3-4H,1-2H3;2*3H,1-2H3;1-4H;6*4H,1-3H3;2*1-3H;1-2H,(H,3,4,5);2*1H. The van der Waals surface area contributed by atoms with Gasteiger partial charge in [-0.25, -0.2) is 19.2 Å². The van der Waals surface area contributed by atoms with E-state index in [1.54, 1.807) is 43.2 Å². The first kappa shape index (κ1) is 84.8. The van der Waals surface area contributed by atoms with Crippen molar-refractivity contribution in [3.63, 3.8) is 0 Å². The zero-order valence-electron chi connectivity index (χ0n) is 52.6. The van der Waals surface area contributed by atoms with Crippen molar-refractivity contribution in [1.82, 2.24) is 126 Å². The van der Waals surface area contributed by atoms with Crippen molar-refractivity contribution in [2.24, 2.45) is 35.5 Å². The molecule has 0 amide bonds. The Morgan fingerprint density at radius 1 is 0.420 bits per heavy atom. The number of H-pyrrole nitrogens is 1. The molecule has 0 aliphatic carbocycles. The van der Waals surface area contributed by atoms with E-state index in [1.807, 2.05) is 39.8 Å². The highest BCUT2D eigenvalue weighted by Crippen LogP contribution is 2.12. The van der Waals surface area contributed by atoms with Gasteiger partial charge in [0, 0.05) is 47.9 Å². The summed E-state index contributed by atoms with van der Waals surface area (Å²) in [7, 11) is 0. The van der Waals surface area contributed by atoms with E-state index < -0.39 is 0 Å². The molecule has 0 spiro atoms. The lowest BCUT2D eigenvalue weighted by molar-refractivity contribution is 0.292. The maximum absolute atomic E-state index is 4.62. The smallest absolute Gasteiger partial charge is 0.250 e. The number of aromatic amines is 1. The molecule has 0 unspecified atom stereocenters. The van der Waals surface area contributed by atoms with E-state index in [0.717, 1.165) is 57.9 Å². The third-order valence-electron chi connectivity index (χ3n) is 4.67. The fourth-order valence-corrected chi connectivity index (χ4v) is 2.84. The maximum atomic E-state index is 4.62. The summed E-state index contributed by atoms with van der Waals surface area (Å²) < 4.78 is 23.5. The van der Waals surface area contributed by atoms with Gasteiger partial charge in [-0.1, -0.05) is 196 Å². The largest absolute Gasteiger partial charge is 0.320 e. The molecule has 9 aromatic rings. The molecule has 30 heteroatoms. The molecule has 9 heterocycles. The normalized spacial score (nSPS) is 9.00. The van der Waals surface area contributed by atoms with Crippen LogP contribution in [0.4, 0.5) is 0 Å². The van der Waals surface area contributed by atoms with Gasteiger partial charge in [0.05, 0.1) is 47.1 Å². The maximum Gasteiger partial charge on any atom is 0.250 e. The second-order valence-electron chi connectivity index (χ2n) is 20.3. The van der Waals surface area contributed by atoms with Gasteiger partial charge < -0.3 is 4.52 Å². The van der Waals surface area contributed by atoms with E-state index in [-0.39, 0.29) is 5.92 Å². The van der Waals surface area contributed by atoms with Gasteiger partial charge in [-0.05, 0) is 74.5 Å². The first-order chi connectivity index (χ1) is 38.3. The Hall–Kier alpha value is -7.50. The van der Waals surface area contributed by atoms with Crippen LogP contribution in [0.2, 0.25) is 0 Å². The third-order valence-corrected chi connectivity index (χ3v) is 5.92. The van der Waals surface area contributed by atoms with Crippen LogP contribution in [-0.2, 0) is 0 Å². The van der Waals surface area contributed by atoms with E-state index in [2.05, 4.69) is 278 Å². The molecule has 1 N–H and O–H groups in total. The number of hydrogen-bond acceptors (Lipinski definition) is 29. The lowest BCUT2D eigenvalue weighted by atomic mass is 10.2. The predicted molar refractivity (Wildman–Crippen MR) is 317 cm³/mol. The number of nitrogens with one attached hydrogen (secondary N) is 1. The summed E-state index contributed by atoms with van der Waals surface area (Å²) in [5, 5.41) is 68.2.